The summed E-state index contributed by atoms with van der Waals surface area (Å²) in [4.78, 5) is 12.6. The first-order valence-corrected chi connectivity index (χ1v) is 8.57. The highest BCUT2D eigenvalue weighted by molar-refractivity contribution is 5.86. The molecule has 126 valence electrons. The Morgan fingerprint density at radius 1 is 1.12 bits per heavy atom. The highest BCUT2D eigenvalue weighted by Crippen LogP contribution is 2.24. The van der Waals surface area contributed by atoms with Gasteiger partial charge in [0.25, 0.3) is 0 Å². The van der Waals surface area contributed by atoms with Crippen molar-refractivity contribution in [3.05, 3.63) is 65.5 Å². The fraction of sp³-hybridized carbons (Fsp3) is 0.350. The third-order valence-corrected chi connectivity index (χ3v) is 4.19. The maximum atomic E-state index is 13.2. The summed E-state index contributed by atoms with van der Waals surface area (Å²) < 4.78 is 13.2. The van der Waals surface area contributed by atoms with Crippen LogP contribution in [0, 0.1) is 5.82 Å². The van der Waals surface area contributed by atoms with Gasteiger partial charge < -0.3 is 10.6 Å². The maximum absolute atomic E-state index is 13.2. The molecule has 2 aromatic carbocycles. The van der Waals surface area contributed by atoms with Gasteiger partial charge in [-0.3, -0.25) is 4.79 Å². The molecule has 1 amide bonds. The lowest BCUT2D eigenvalue weighted by atomic mass is 10.0. The van der Waals surface area contributed by atoms with Crippen LogP contribution in [0.4, 0.5) is 10.1 Å². The van der Waals surface area contributed by atoms with Gasteiger partial charge in [0.2, 0.25) is 5.91 Å². The molecule has 2 N–H and O–H groups in total. The molecule has 2 aromatic rings. The molecule has 0 aliphatic heterocycles. The van der Waals surface area contributed by atoms with Crippen LogP contribution < -0.4 is 10.6 Å². The molecule has 4 heteroatoms. The zero-order valence-corrected chi connectivity index (χ0v) is 13.9. The number of rotatable bonds is 7. The molecule has 1 aliphatic rings. The quantitative estimate of drug-likeness (QED) is 0.800. The third kappa shape index (κ3) is 4.34. The predicted molar refractivity (Wildman–Crippen MR) is 94.4 cm³/mol. The van der Waals surface area contributed by atoms with Gasteiger partial charge in [-0.25, -0.2) is 4.39 Å². The highest BCUT2D eigenvalue weighted by atomic mass is 19.1. The van der Waals surface area contributed by atoms with Gasteiger partial charge in [-0.15, -0.1) is 0 Å². The van der Waals surface area contributed by atoms with Crippen LogP contribution in [0.1, 0.15) is 43.4 Å². The number of hydrogen-bond donors (Lipinski definition) is 2. The van der Waals surface area contributed by atoms with Crippen LogP contribution in [0.2, 0.25) is 0 Å². The monoisotopic (exact) mass is 326 g/mol. The van der Waals surface area contributed by atoms with Crippen LogP contribution in [-0.2, 0) is 11.2 Å². The van der Waals surface area contributed by atoms with E-state index in [4.69, 9.17) is 0 Å². The average Bonchev–Trinajstić information content (AvgIpc) is 3.39. The van der Waals surface area contributed by atoms with E-state index in [2.05, 4.69) is 29.7 Å². The summed E-state index contributed by atoms with van der Waals surface area (Å²) in [6, 6.07) is 14.0. The number of benzene rings is 2. The van der Waals surface area contributed by atoms with Crippen LogP contribution in [-0.4, -0.2) is 11.9 Å². The molecule has 24 heavy (non-hydrogen) atoms. The molecule has 0 heterocycles. The second-order valence-corrected chi connectivity index (χ2v) is 6.36. The lowest BCUT2D eigenvalue weighted by Crippen LogP contribution is -2.34. The number of anilines is 1. The molecule has 0 spiro atoms. The highest BCUT2D eigenvalue weighted by Gasteiger charge is 2.28. The summed E-state index contributed by atoms with van der Waals surface area (Å²) >= 11 is 0. The van der Waals surface area contributed by atoms with Crippen molar-refractivity contribution in [2.24, 2.45) is 0 Å². The molecule has 0 bridgehead atoms. The Bertz CT molecular complexity index is 678. The molecule has 1 aliphatic carbocycles. The lowest BCUT2D eigenvalue weighted by molar-refractivity contribution is -0.122. The van der Waals surface area contributed by atoms with Gasteiger partial charge in [-0.2, -0.15) is 0 Å². The second-order valence-electron chi connectivity index (χ2n) is 6.36. The lowest BCUT2D eigenvalue weighted by Gasteiger charge is -2.20. The van der Waals surface area contributed by atoms with Crippen molar-refractivity contribution in [3.63, 3.8) is 0 Å². The molecular weight excluding hydrogens is 303 g/mol. The summed E-state index contributed by atoms with van der Waals surface area (Å²) in [6.45, 7) is 2.15. The van der Waals surface area contributed by atoms with E-state index in [1.54, 1.807) is 12.1 Å². The van der Waals surface area contributed by atoms with Crippen LogP contribution in [0.3, 0.4) is 0 Å². The molecule has 0 radical (unpaired) electrons. The Kier molecular flexibility index (Phi) is 5.14. The van der Waals surface area contributed by atoms with Crippen molar-refractivity contribution in [2.75, 3.05) is 5.32 Å². The summed E-state index contributed by atoms with van der Waals surface area (Å²) in [7, 11) is 0. The van der Waals surface area contributed by atoms with Gasteiger partial charge in [0, 0.05) is 11.7 Å². The van der Waals surface area contributed by atoms with E-state index in [1.165, 1.54) is 17.7 Å². The smallest absolute Gasteiger partial charge is 0.247 e. The van der Waals surface area contributed by atoms with Crippen molar-refractivity contribution in [2.45, 2.75) is 44.7 Å². The van der Waals surface area contributed by atoms with E-state index >= 15 is 0 Å². The number of aryl methyl sites for hydroxylation is 1. The van der Waals surface area contributed by atoms with Gasteiger partial charge in [0.05, 0.1) is 0 Å². The van der Waals surface area contributed by atoms with Crippen LogP contribution in [0.5, 0.6) is 0 Å². The summed E-state index contributed by atoms with van der Waals surface area (Å²) in [5.74, 6) is -0.370. The number of carbonyl (C=O) groups excluding carboxylic acids is 1. The number of amides is 1. The van der Waals surface area contributed by atoms with Crippen LogP contribution in [0.15, 0.2) is 48.5 Å². The van der Waals surface area contributed by atoms with E-state index in [-0.39, 0.29) is 17.8 Å². The van der Waals surface area contributed by atoms with Gasteiger partial charge in [0.15, 0.2) is 0 Å². The standard InChI is InChI=1S/C20H23FN2O/c1-2-3-14-4-10-17(11-5-14)22-19(20(24)23-18-12-13-18)15-6-8-16(21)9-7-15/h4-11,18-19,22H,2-3,12-13H2,1H3,(H,23,24)/t19-/m0/s1. The van der Waals surface area contributed by atoms with Crippen molar-refractivity contribution >= 4 is 11.6 Å². The average molecular weight is 326 g/mol. The normalized spacial score (nSPS) is 14.9. The van der Waals surface area contributed by atoms with E-state index in [0.29, 0.717) is 0 Å². The first kappa shape index (κ1) is 16.5. The fourth-order valence-corrected chi connectivity index (χ4v) is 2.69. The molecule has 1 saturated carbocycles. The van der Waals surface area contributed by atoms with E-state index in [0.717, 1.165) is 36.9 Å². The van der Waals surface area contributed by atoms with E-state index < -0.39 is 6.04 Å². The Hall–Kier alpha value is -2.36. The van der Waals surface area contributed by atoms with Gasteiger partial charge in [-0.05, 0) is 54.7 Å². The minimum atomic E-state index is -0.525. The zero-order valence-electron chi connectivity index (χ0n) is 13.9. The number of halogens is 1. The van der Waals surface area contributed by atoms with Crippen molar-refractivity contribution in [3.8, 4) is 0 Å². The van der Waals surface area contributed by atoms with Crippen LogP contribution >= 0.6 is 0 Å². The SMILES string of the molecule is CCCc1ccc(N[C@H](C(=O)NC2CC2)c2ccc(F)cc2)cc1. The minimum Gasteiger partial charge on any atom is -0.370 e. The predicted octanol–water partition coefficient (Wildman–Crippen LogP) is 4.21. The topological polar surface area (TPSA) is 41.1 Å². The largest absolute Gasteiger partial charge is 0.370 e. The van der Waals surface area contributed by atoms with Gasteiger partial charge in [0.1, 0.15) is 11.9 Å². The van der Waals surface area contributed by atoms with E-state index in [9.17, 15) is 9.18 Å². The molecule has 1 atom stereocenters. The molecule has 3 nitrogen and oxygen atoms in total. The third-order valence-electron chi connectivity index (χ3n) is 4.19. The number of carbonyl (C=O) groups is 1. The zero-order chi connectivity index (χ0) is 16.9. The molecule has 3 rings (SSSR count). The Labute approximate surface area is 142 Å². The Morgan fingerprint density at radius 3 is 2.38 bits per heavy atom. The van der Waals surface area contributed by atoms with Crippen LogP contribution in [0.25, 0.3) is 0 Å². The van der Waals surface area contributed by atoms with Gasteiger partial charge in [-0.1, -0.05) is 37.6 Å². The first-order chi connectivity index (χ1) is 11.7. The summed E-state index contributed by atoms with van der Waals surface area (Å²) in [5, 5.41) is 6.31. The minimum absolute atomic E-state index is 0.0678. The van der Waals surface area contributed by atoms with Crippen molar-refractivity contribution < 1.29 is 9.18 Å². The summed E-state index contributed by atoms with van der Waals surface area (Å²) in [6.07, 6.45) is 4.22. The molecular formula is C20H23FN2O. The Balaban J connectivity index is 1.77. The van der Waals surface area contributed by atoms with E-state index in [1.807, 2.05) is 12.1 Å². The molecule has 0 aromatic heterocycles. The maximum Gasteiger partial charge on any atom is 0.247 e. The summed E-state index contributed by atoms with van der Waals surface area (Å²) in [5.41, 5.74) is 2.92. The van der Waals surface area contributed by atoms with Gasteiger partial charge >= 0.3 is 0 Å². The molecule has 0 saturated heterocycles. The molecule has 0 unspecified atom stereocenters. The fourth-order valence-electron chi connectivity index (χ4n) is 2.69. The number of hydrogen-bond acceptors (Lipinski definition) is 2. The first-order valence-electron chi connectivity index (χ1n) is 8.57. The number of nitrogens with one attached hydrogen (secondary N) is 2. The Morgan fingerprint density at radius 2 is 1.79 bits per heavy atom. The second kappa shape index (κ2) is 7.47. The van der Waals surface area contributed by atoms with Crippen molar-refractivity contribution in [1.82, 2.24) is 5.32 Å². The van der Waals surface area contributed by atoms with Crippen molar-refractivity contribution in [1.29, 1.82) is 0 Å². The molecule has 1 fully saturated rings.